The van der Waals surface area contributed by atoms with Gasteiger partial charge in [-0.25, -0.2) is 14.4 Å². The van der Waals surface area contributed by atoms with Gasteiger partial charge in [-0.15, -0.1) is 10.1 Å². The van der Waals surface area contributed by atoms with E-state index in [1.54, 1.807) is 13.8 Å². The predicted molar refractivity (Wildman–Crippen MR) is 109 cm³/mol. The second kappa shape index (κ2) is 14.8. The average molecular weight is 481 g/mol. The molecule has 0 rings (SSSR count). The molecule has 2 amide bonds. The Morgan fingerprint density at radius 3 is 2.41 bits per heavy atom. The van der Waals surface area contributed by atoms with E-state index in [2.05, 4.69) is 20.2 Å². The van der Waals surface area contributed by atoms with Crippen molar-refractivity contribution in [3.63, 3.8) is 0 Å². The molecule has 0 aliphatic carbocycles. The number of aliphatic carboxylic acids is 1. The van der Waals surface area contributed by atoms with Gasteiger partial charge < -0.3 is 30.1 Å². The van der Waals surface area contributed by atoms with Crippen LogP contribution in [0.25, 0.3) is 0 Å². The Morgan fingerprint density at radius 1 is 1.19 bits per heavy atom. The van der Waals surface area contributed by atoms with E-state index >= 15 is 0 Å². The van der Waals surface area contributed by atoms with Crippen molar-refractivity contribution in [3.05, 3.63) is 10.1 Å². The van der Waals surface area contributed by atoms with Crippen LogP contribution in [0.15, 0.2) is 0 Å². The standard InChI is InChI=1S/C17H27N3O11S/c1-17(2,10-31-20(27)28)9-30-15(25)12(21)8-32-7-11(14(24)29-3)19-16(26)18-6-4-5-13(22)23/h11H,4-10H2,1-3H3,(H,22,23)(H2,18,19,26)/t11-/m0/s1. The number of ketones is 1. The number of nitrogens with zero attached hydrogens (tertiary/aromatic N) is 1. The van der Waals surface area contributed by atoms with Gasteiger partial charge in [-0.3, -0.25) is 9.59 Å². The molecule has 32 heavy (non-hydrogen) atoms. The van der Waals surface area contributed by atoms with Crippen molar-refractivity contribution >= 4 is 41.5 Å². The number of carbonyl (C=O) groups excluding carboxylic acids is 4. The molecule has 0 bridgehead atoms. The van der Waals surface area contributed by atoms with Gasteiger partial charge in [0, 0.05) is 24.1 Å². The molecule has 0 radical (unpaired) electrons. The summed E-state index contributed by atoms with van der Waals surface area (Å²) in [7, 11) is 1.11. The highest BCUT2D eigenvalue weighted by atomic mass is 32.2. The van der Waals surface area contributed by atoms with E-state index < -0.39 is 46.3 Å². The maximum atomic E-state index is 11.9. The molecular weight excluding hydrogens is 454 g/mol. The number of Topliss-reactive ketones (excluding diaryl/α,β-unsaturated/α-hetero) is 1. The molecule has 1 atom stereocenters. The third kappa shape index (κ3) is 14.0. The van der Waals surface area contributed by atoms with Gasteiger partial charge in [0.25, 0.3) is 5.09 Å². The van der Waals surface area contributed by atoms with Crippen LogP contribution < -0.4 is 10.6 Å². The van der Waals surface area contributed by atoms with Crippen LogP contribution in [0.4, 0.5) is 4.79 Å². The van der Waals surface area contributed by atoms with E-state index in [9.17, 15) is 34.1 Å². The Morgan fingerprint density at radius 2 is 1.84 bits per heavy atom. The first-order valence-electron chi connectivity index (χ1n) is 9.27. The van der Waals surface area contributed by atoms with Crippen molar-refractivity contribution in [3.8, 4) is 0 Å². The van der Waals surface area contributed by atoms with Gasteiger partial charge in [-0.1, -0.05) is 13.8 Å². The Labute approximate surface area is 187 Å². The molecular formula is C17H27N3O11S. The number of ether oxygens (including phenoxy) is 2. The van der Waals surface area contributed by atoms with Crippen LogP contribution in [-0.4, -0.2) is 84.3 Å². The van der Waals surface area contributed by atoms with Gasteiger partial charge in [-0.2, -0.15) is 11.8 Å². The van der Waals surface area contributed by atoms with Crippen molar-refractivity contribution in [1.82, 2.24) is 10.6 Å². The fourth-order valence-electron chi connectivity index (χ4n) is 1.90. The van der Waals surface area contributed by atoms with Crippen LogP contribution in [0.2, 0.25) is 0 Å². The minimum Gasteiger partial charge on any atom is -0.481 e. The first kappa shape index (κ1) is 28.9. The minimum absolute atomic E-state index is 0.0759. The zero-order valence-electron chi connectivity index (χ0n) is 17.9. The normalized spacial score (nSPS) is 11.6. The van der Waals surface area contributed by atoms with Gasteiger partial charge >= 0.3 is 23.9 Å². The van der Waals surface area contributed by atoms with Crippen LogP contribution in [0.3, 0.4) is 0 Å². The number of carbonyl (C=O) groups is 5. The van der Waals surface area contributed by atoms with Crippen LogP contribution in [0, 0.1) is 15.5 Å². The summed E-state index contributed by atoms with van der Waals surface area (Å²) in [6, 6.07) is -1.84. The number of hydrogen-bond donors (Lipinski definition) is 3. The molecule has 0 aliphatic rings. The lowest BCUT2D eigenvalue weighted by molar-refractivity contribution is -0.760. The van der Waals surface area contributed by atoms with E-state index in [0.29, 0.717) is 0 Å². The number of hydrogen-bond acceptors (Lipinski definition) is 11. The summed E-state index contributed by atoms with van der Waals surface area (Å²) in [5.41, 5.74) is -0.895. The van der Waals surface area contributed by atoms with Gasteiger partial charge in [0.05, 0.1) is 19.5 Å². The van der Waals surface area contributed by atoms with Crippen LogP contribution >= 0.6 is 11.8 Å². The molecule has 3 N–H and O–H groups in total. The van der Waals surface area contributed by atoms with E-state index in [1.165, 1.54) is 0 Å². The predicted octanol–water partition coefficient (Wildman–Crippen LogP) is -0.228. The van der Waals surface area contributed by atoms with Crippen molar-refractivity contribution < 1.29 is 48.5 Å². The lowest BCUT2D eigenvalue weighted by Crippen LogP contribution is -2.48. The Bertz CT molecular complexity index is 699. The van der Waals surface area contributed by atoms with Gasteiger partial charge in [0.15, 0.2) is 0 Å². The average Bonchev–Trinajstić information content (AvgIpc) is 2.72. The number of rotatable bonds is 16. The molecule has 0 fully saturated rings. The van der Waals surface area contributed by atoms with Gasteiger partial charge in [0.2, 0.25) is 5.78 Å². The molecule has 0 saturated heterocycles. The molecule has 0 saturated carbocycles. The SMILES string of the molecule is COC(=O)[C@H](CSCC(=O)C(=O)OCC(C)(C)CO[N+](=O)[O-])NC(=O)NCCCC(=O)O. The summed E-state index contributed by atoms with van der Waals surface area (Å²) < 4.78 is 9.43. The highest BCUT2D eigenvalue weighted by Crippen LogP contribution is 2.16. The summed E-state index contributed by atoms with van der Waals surface area (Å²) in [6.45, 7) is 2.54. The van der Waals surface area contributed by atoms with Crippen molar-refractivity contribution in [1.29, 1.82) is 0 Å². The van der Waals surface area contributed by atoms with E-state index in [4.69, 9.17) is 9.84 Å². The third-order valence-electron chi connectivity index (χ3n) is 3.54. The molecule has 182 valence electrons. The fraction of sp³-hybridized carbons (Fsp3) is 0.706. The molecule has 0 spiro atoms. The number of carboxylic acid groups (broad SMARTS) is 1. The van der Waals surface area contributed by atoms with Gasteiger partial charge in [0.1, 0.15) is 12.6 Å². The van der Waals surface area contributed by atoms with Crippen molar-refractivity contribution in [2.24, 2.45) is 5.41 Å². The quantitative estimate of drug-likeness (QED) is 0.0861. The number of esters is 2. The monoisotopic (exact) mass is 481 g/mol. The molecule has 14 nitrogen and oxygen atoms in total. The number of amides is 2. The summed E-state index contributed by atoms with van der Waals surface area (Å²) >= 11 is 0.878. The summed E-state index contributed by atoms with van der Waals surface area (Å²) in [6.07, 6.45) is 0.0701. The van der Waals surface area contributed by atoms with Crippen LogP contribution in [0.5, 0.6) is 0 Å². The summed E-state index contributed by atoms with van der Waals surface area (Å²) in [5.74, 6) is -4.27. The van der Waals surface area contributed by atoms with Crippen LogP contribution in [-0.2, 0) is 33.5 Å². The molecule has 0 aliphatic heterocycles. The number of thioether (sulfide) groups is 1. The minimum atomic E-state index is -1.15. The number of carboxylic acids is 1. The largest absolute Gasteiger partial charge is 0.481 e. The van der Waals surface area contributed by atoms with E-state index in [1.807, 2.05) is 0 Å². The maximum absolute atomic E-state index is 11.9. The topological polar surface area (TPSA) is 200 Å². The summed E-state index contributed by atoms with van der Waals surface area (Å²) in [4.78, 5) is 72.2. The van der Waals surface area contributed by atoms with E-state index in [-0.39, 0.29) is 44.1 Å². The fourth-order valence-corrected chi connectivity index (χ4v) is 2.78. The van der Waals surface area contributed by atoms with Crippen molar-refractivity contribution in [2.45, 2.75) is 32.7 Å². The number of urea groups is 1. The Hall–Kier alpha value is -3.10. The maximum Gasteiger partial charge on any atom is 0.375 e. The molecule has 0 unspecified atom stereocenters. The summed E-state index contributed by atoms with van der Waals surface area (Å²) in [5, 5.41) is 22.5. The molecule has 0 heterocycles. The number of nitrogens with one attached hydrogen (secondary N) is 2. The highest BCUT2D eigenvalue weighted by molar-refractivity contribution is 8.00. The Kier molecular flexibility index (Phi) is 13.4. The first-order valence-corrected chi connectivity index (χ1v) is 10.4. The second-order valence-electron chi connectivity index (χ2n) is 7.15. The van der Waals surface area contributed by atoms with Gasteiger partial charge in [-0.05, 0) is 6.42 Å². The smallest absolute Gasteiger partial charge is 0.375 e. The molecule has 15 heteroatoms. The lowest BCUT2D eigenvalue weighted by atomic mass is 9.96. The molecule has 0 aromatic carbocycles. The Balaban J connectivity index is 4.44. The number of methoxy groups -OCH3 is 1. The highest BCUT2D eigenvalue weighted by Gasteiger charge is 2.26. The van der Waals surface area contributed by atoms with E-state index in [0.717, 1.165) is 18.9 Å². The second-order valence-corrected chi connectivity index (χ2v) is 8.18. The third-order valence-corrected chi connectivity index (χ3v) is 4.58. The first-order chi connectivity index (χ1) is 14.9. The van der Waals surface area contributed by atoms with Crippen molar-refractivity contribution in [2.75, 3.05) is 38.4 Å². The van der Waals surface area contributed by atoms with Crippen LogP contribution in [0.1, 0.15) is 26.7 Å². The zero-order chi connectivity index (χ0) is 24.7. The zero-order valence-corrected chi connectivity index (χ0v) is 18.7. The molecule has 0 aromatic rings. The lowest BCUT2D eigenvalue weighted by Gasteiger charge is -2.22. The molecule has 0 aromatic heterocycles.